The van der Waals surface area contributed by atoms with Gasteiger partial charge in [0.25, 0.3) is 5.91 Å². The maximum atomic E-state index is 12.9. The van der Waals surface area contributed by atoms with Crippen LogP contribution in [0.3, 0.4) is 0 Å². The zero-order chi connectivity index (χ0) is 18.6. The van der Waals surface area contributed by atoms with E-state index >= 15 is 0 Å². The maximum absolute atomic E-state index is 12.9. The SMILES string of the molecule is CCCCCOc1ccc(NC(=O)c2ccc3c4c(cccc24)CC3)cc1. The standard InChI is InChI=1S/C24H25NO2/c1-2-3-4-16-27-20-13-11-19(12-14-20)25-24(26)22-15-10-18-9-8-17-6-5-7-21(22)23(17)18/h5-7,10-15H,2-4,8-9,16H2,1H3,(H,25,26). The number of anilines is 1. The first-order valence-corrected chi connectivity index (χ1v) is 9.84. The molecule has 1 amide bonds. The number of rotatable bonds is 7. The van der Waals surface area contributed by atoms with Crippen molar-refractivity contribution in [2.45, 2.75) is 39.0 Å². The van der Waals surface area contributed by atoms with Gasteiger partial charge in [-0.2, -0.15) is 0 Å². The quantitative estimate of drug-likeness (QED) is 0.545. The van der Waals surface area contributed by atoms with Gasteiger partial charge in [-0.25, -0.2) is 0 Å². The third-order valence-electron chi connectivity index (χ3n) is 5.25. The minimum absolute atomic E-state index is 0.0674. The minimum atomic E-state index is -0.0674. The van der Waals surface area contributed by atoms with Crippen LogP contribution in [0.5, 0.6) is 5.75 Å². The zero-order valence-electron chi connectivity index (χ0n) is 15.8. The second kappa shape index (κ2) is 7.83. The smallest absolute Gasteiger partial charge is 0.256 e. The summed E-state index contributed by atoms with van der Waals surface area (Å²) >= 11 is 0. The number of aryl methyl sites for hydroxylation is 2. The number of unbranched alkanes of at least 4 members (excludes halogenated alkanes) is 2. The van der Waals surface area contributed by atoms with E-state index in [1.165, 1.54) is 29.4 Å². The molecule has 27 heavy (non-hydrogen) atoms. The first-order chi connectivity index (χ1) is 13.3. The number of amides is 1. The lowest BCUT2D eigenvalue weighted by atomic mass is 9.99. The molecule has 0 saturated heterocycles. The fourth-order valence-corrected chi connectivity index (χ4v) is 3.82. The van der Waals surface area contributed by atoms with Crippen molar-refractivity contribution in [1.82, 2.24) is 0 Å². The van der Waals surface area contributed by atoms with E-state index in [-0.39, 0.29) is 5.91 Å². The molecule has 0 atom stereocenters. The lowest BCUT2D eigenvalue weighted by Crippen LogP contribution is -2.12. The first-order valence-electron chi connectivity index (χ1n) is 9.84. The Morgan fingerprint density at radius 1 is 0.963 bits per heavy atom. The molecule has 4 rings (SSSR count). The molecule has 0 fully saturated rings. The van der Waals surface area contributed by atoms with E-state index < -0.39 is 0 Å². The van der Waals surface area contributed by atoms with Crippen LogP contribution in [0.15, 0.2) is 54.6 Å². The summed E-state index contributed by atoms with van der Waals surface area (Å²) in [7, 11) is 0. The molecule has 3 aromatic carbocycles. The molecular formula is C24H25NO2. The van der Waals surface area contributed by atoms with Crippen molar-refractivity contribution in [3.8, 4) is 5.75 Å². The van der Waals surface area contributed by atoms with Gasteiger partial charge >= 0.3 is 0 Å². The van der Waals surface area contributed by atoms with E-state index in [4.69, 9.17) is 4.74 Å². The summed E-state index contributed by atoms with van der Waals surface area (Å²) in [6, 6.07) is 17.9. The van der Waals surface area contributed by atoms with Crippen LogP contribution in [-0.2, 0) is 12.8 Å². The van der Waals surface area contributed by atoms with Gasteiger partial charge in [0.1, 0.15) is 5.75 Å². The van der Waals surface area contributed by atoms with Crippen LogP contribution in [0.2, 0.25) is 0 Å². The van der Waals surface area contributed by atoms with E-state index in [2.05, 4.69) is 30.4 Å². The highest BCUT2D eigenvalue weighted by Crippen LogP contribution is 2.33. The Bertz CT molecular complexity index is 950. The highest BCUT2D eigenvalue weighted by Gasteiger charge is 2.18. The van der Waals surface area contributed by atoms with E-state index in [0.717, 1.165) is 48.3 Å². The summed E-state index contributed by atoms with van der Waals surface area (Å²) in [5, 5.41) is 5.34. The van der Waals surface area contributed by atoms with Gasteiger partial charge in [-0.3, -0.25) is 4.79 Å². The largest absolute Gasteiger partial charge is 0.494 e. The third-order valence-corrected chi connectivity index (χ3v) is 5.25. The predicted molar refractivity (Wildman–Crippen MR) is 111 cm³/mol. The topological polar surface area (TPSA) is 38.3 Å². The molecule has 1 aliphatic rings. The zero-order valence-corrected chi connectivity index (χ0v) is 15.8. The van der Waals surface area contributed by atoms with Gasteiger partial charge in [0.2, 0.25) is 0 Å². The highest BCUT2D eigenvalue weighted by atomic mass is 16.5. The maximum Gasteiger partial charge on any atom is 0.256 e. The monoisotopic (exact) mass is 359 g/mol. The van der Waals surface area contributed by atoms with Crippen LogP contribution in [0, 0.1) is 0 Å². The number of nitrogens with one attached hydrogen (secondary N) is 1. The van der Waals surface area contributed by atoms with E-state index in [0.29, 0.717) is 0 Å². The molecule has 1 N–H and O–H groups in total. The van der Waals surface area contributed by atoms with Gasteiger partial charge in [-0.15, -0.1) is 0 Å². The van der Waals surface area contributed by atoms with Crippen molar-refractivity contribution < 1.29 is 9.53 Å². The molecular weight excluding hydrogens is 334 g/mol. The Morgan fingerprint density at radius 2 is 1.74 bits per heavy atom. The Labute approximate surface area is 160 Å². The number of hydrogen-bond donors (Lipinski definition) is 1. The molecule has 0 saturated carbocycles. The fourth-order valence-electron chi connectivity index (χ4n) is 3.82. The summed E-state index contributed by atoms with van der Waals surface area (Å²) in [5.74, 6) is 0.775. The molecule has 0 bridgehead atoms. The average Bonchev–Trinajstić information content (AvgIpc) is 3.12. The van der Waals surface area contributed by atoms with Crippen molar-refractivity contribution in [2.75, 3.05) is 11.9 Å². The average molecular weight is 359 g/mol. The summed E-state index contributed by atoms with van der Waals surface area (Å²) < 4.78 is 5.73. The van der Waals surface area contributed by atoms with Gasteiger partial charge in [0, 0.05) is 11.3 Å². The lowest BCUT2D eigenvalue weighted by molar-refractivity contribution is 0.102. The van der Waals surface area contributed by atoms with Gasteiger partial charge in [0.15, 0.2) is 0 Å². The molecule has 1 aliphatic carbocycles. The molecule has 3 aromatic rings. The fraction of sp³-hybridized carbons (Fsp3) is 0.292. The molecule has 3 nitrogen and oxygen atoms in total. The van der Waals surface area contributed by atoms with Crippen molar-refractivity contribution in [2.24, 2.45) is 0 Å². The number of hydrogen-bond acceptors (Lipinski definition) is 2. The van der Waals surface area contributed by atoms with Crippen LogP contribution in [-0.4, -0.2) is 12.5 Å². The third kappa shape index (κ3) is 3.68. The lowest BCUT2D eigenvalue weighted by Gasteiger charge is -2.11. The summed E-state index contributed by atoms with van der Waals surface area (Å²) in [6.07, 6.45) is 5.57. The number of ether oxygens (including phenoxy) is 1. The number of carbonyl (C=O) groups is 1. The van der Waals surface area contributed by atoms with Crippen LogP contribution in [0.4, 0.5) is 5.69 Å². The molecule has 0 aliphatic heterocycles. The first kappa shape index (κ1) is 17.6. The van der Waals surface area contributed by atoms with Gasteiger partial charge in [-0.05, 0) is 71.5 Å². The molecule has 3 heteroatoms. The minimum Gasteiger partial charge on any atom is -0.494 e. The number of benzene rings is 3. The Morgan fingerprint density at radius 3 is 2.52 bits per heavy atom. The molecule has 0 spiro atoms. The van der Waals surface area contributed by atoms with E-state index in [1.54, 1.807) is 0 Å². The summed E-state index contributed by atoms with van der Waals surface area (Å²) in [6.45, 7) is 2.92. The normalized spacial score (nSPS) is 12.3. The summed E-state index contributed by atoms with van der Waals surface area (Å²) in [4.78, 5) is 12.9. The van der Waals surface area contributed by atoms with Crippen LogP contribution in [0.25, 0.3) is 10.8 Å². The predicted octanol–water partition coefficient (Wildman–Crippen LogP) is 5.76. The number of carbonyl (C=O) groups excluding carboxylic acids is 1. The van der Waals surface area contributed by atoms with Crippen molar-refractivity contribution >= 4 is 22.4 Å². The molecule has 0 aromatic heterocycles. The van der Waals surface area contributed by atoms with Crippen LogP contribution in [0.1, 0.15) is 47.7 Å². The summed E-state index contributed by atoms with van der Waals surface area (Å²) in [5.41, 5.74) is 4.21. The Hall–Kier alpha value is -2.81. The van der Waals surface area contributed by atoms with Crippen LogP contribution < -0.4 is 10.1 Å². The second-order valence-corrected chi connectivity index (χ2v) is 7.15. The van der Waals surface area contributed by atoms with Gasteiger partial charge in [-0.1, -0.05) is 44.0 Å². The Balaban J connectivity index is 1.48. The molecule has 138 valence electrons. The molecule has 0 unspecified atom stereocenters. The van der Waals surface area contributed by atoms with Crippen molar-refractivity contribution in [3.63, 3.8) is 0 Å². The molecule has 0 heterocycles. The van der Waals surface area contributed by atoms with E-state index in [9.17, 15) is 4.79 Å². The van der Waals surface area contributed by atoms with Gasteiger partial charge < -0.3 is 10.1 Å². The van der Waals surface area contributed by atoms with Crippen molar-refractivity contribution in [3.05, 3.63) is 71.3 Å². The Kier molecular flexibility index (Phi) is 5.10. The highest BCUT2D eigenvalue weighted by molar-refractivity contribution is 6.14. The second-order valence-electron chi connectivity index (χ2n) is 7.15. The van der Waals surface area contributed by atoms with Crippen molar-refractivity contribution in [1.29, 1.82) is 0 Å². The van der Waals surface area contributed by atoms with Gasteiger partial charge in [0.05, 0.1) is 6.61 Å². The molecule has 0 radical (unpaired) electrons. The van der Waals surface area contributed by atoms with Crippen LogP contribution >= 0.6 is 0 Å². The van der Waals surface area contributed by atoms with E-state index in [1.807, 2.05) is 36.4 Å².